The Morgan fingerprint density at radius 3 is 1.16 bits per heavy atom. The summed E-state index contributed by atoms with van der Waals surface area (Å²) in [4.78, 5) is 4.28. The molecule has 0 saturated carbocycles. The number of hydrogen-bond acceptors (Lipinski definition) is 7. The normalized spacial score (nSPS) is 9.72. The molecular formula is C22H32IN3O6. The standard InChI is InChI=1S/C22H31N3O6.HI/c1-23-22(24-12-14-8-16(26-2)20(30-6)17(9-14)27-3)25-13-15-10-18(28-4)21(31-7)19(11-15)29-5;/h8-11H,12-13H2,1-7H3,(H2,23,24,25);1H. The molecule has 0 bridgehead atoms. The van der Waals surface area contributed by atoms with Gasteiger partial charge in [-0.25, -0.2) is 0 Å². The van der Waals surface area contributed by atoms with E-state index in [9.17, 15) is 0 Å². The molecule has 0 atom stereocenters. The Morgan fingerprint density at radius 1 is 0.625 bits per heavy atom. The summed E-state index contributed by atoms with van der Waals surface area (Å²) in [5.74, 6) is 4.12. The molecule has 32 heavy (non-hydrogen) atoms. The number of rotatable bonds is 10. The maximum Gasteiger partial charge on any atom is 0.203 e. The first-order valence-electron chi connectivity index (χ1n) is 9.57. The Bertz CT molecular complexity index is 788. The molecule has 9 nitrogen and oxygen atoms in total. The SMILES string of the molecule is CN=C(NCc1cc(OC)c(OC)c(OC)c1)NCc1cc(OC)c(OC)c(OC)c1.I. The van der Waals surface area contributed by atoms with Crippen LogP contribution >= 0.6 is 24.0 Å². The van der Waals surface area contributed by atoms with E-state index < -0.39 is 0 Å². The van der Waals surface area contributed by atoms with Crippen LogP contribution in [-0.2, 0) is 13.1 Å². The van der Waals surface area contributed by atoms with Crippen LogP contribution in [0.5, 0.6) is 34.5 Å². The van der Waals surface area contributed by atoms with Gasteiger partial charge in [0, 0.05) is 20.1 Å². The zero-order valence-corrected chi connectivity index (χ0v) is 21.9. The summed E-state index contributed by atoms with van der Waals surface area (Å²) < 4.78 is 32.4. The van der Waals surface area contributed by atoms with Gasteiger partial charge in [-0.3, -0.25) is 4.99 Å². The van der Waals surface area contributed by atoms with E-state index in [1.165, 1.54) is 0 Å². The van der Waals surface area contributed by atoms with Crippen LogP contribution in [0.4, 0.5) is 0 Å². The molecule has 0 radical (unpaired) electrons. The van der Waals surface area contributed by atoms with Gasteiger partial charge in [0.15, 0.2) is 29.0 Å². The van der Waals surface area contributed by atoms with Crippen LogP contribution in [0.1, 0.15) is 11.1 Å². The van der Waals surface area contributed by atoms with Gasteiger partial charge in [0.25, 0.3) is 0 Å². The lowest BCUT2D eigenvalue weighted by Crippen LogP contribution is -2.36. The minimum Gasteiger partial charge on any atom is -0.493 e. The molecule has 0 aliphatic heterocycles. The molecule has 0 heterocycles. The number of ether oxygens (including phenoxy) is 6. The summed E-state index contributed by atoms with van der Waals surface area (Å²) in [5.41, 5.74) is 1.90. The summed E-state index contributed by atoms with van der Waals surface area (Å²) in [5, 5.41) is 6.55. The van der Waals surface area contributed by atoms with Gasteiger partial charge in [-0.05, 0) is 35.4 Å². The quantitative estimate of drug-likeness (QED) is 0.260. The van der Waals surface area contributed by atoms with Crippen molar-refractivity contribution in [2.75, 3.05) is 49.7 Å². The highest BCUT2D eigenvalue weighted by atomic mass is 127. The number of guanidine groups is 1. The Labute approximate surface area is 206 Å². The van der Waals surface area contributed by atoms with Crippen molar-refractivity contribution in [1.29, 1.82) is 0 Å². The predicted molar refractivity (Wildman–Crippen MR) is 135 cm³/mol. The van der Waals surface area contributed by atoms with Gasteiger partial charge >= 0.3 is 0 Å². The van der Waals surface area contributed by atoms with Crippen LogP contribution in [-0.4, -0.2) is 55.7 Å². The molecule has 0 aliphatic rings. The van der Waals surface area contributed by atoms with Crippen molar-refractivity contribution in [2.24, 2.45) is 4.99 Å². The fraction of sp³-hybridized carbons (Fsp3) is 0.409. The number of methoxy groups -OCH3 is 6. The van der Waals surface area contributed by atoms with Gasteiger partial charge in [-0.15, -0.1) is 24.0 Å². The predicted octanol–water partition coefficient (Wildman–Crippen LogP) is 3.22. The van der Waals surface area contributed by atoms with Gasteiger partial charge in [-0.2, -0.15) is 0 Å². The van der Waals surface area contributed by atoms with Gasteiger partial charge < -0.3 is 39.1 Å². The lowest BCUT2D eigenvalue weighted by atomic mass is 10.1. The highest BCUT2D eigenvalue weighted by Crippen LogP contribution is 2.39. The lowest BCUT2D eigenvalue weighted by molar-refractivity contribution is 0.323. The molecule has 178 valence electrons. The summed E-state index contributed by atoms with van der Waals surface area (Å²) in [6.07, 6.45) is 0. The Kier molecular flexibility index (Phi) is 11.6. The number of nitrogens with one attached hydrogen (secondary N) is 2. The first-order valence-corrected chi connectivity index (χ1v) is 9.57. The largest absolute Gasteiger partial charge is 0.493 e. The molecule has 0 amide bonds. The molecular weight excluding hydrogens is 529 g/mol. The maximum absolute atomic E-state index is 5.41. The maximum atomic E-state index is 5.41. The van der Waals surface area contributed by atoms with Gasteiger partial charge in [0.2, 0.25) is 11.5 Å². The number of benzene rings is 2. The van der Waals surface area contributed by atoms with Crippen molar-refractivity contribution in [3.8, 4) is 34.5 Å². The van der Waals surface area contributed by atoms with Crippen LogP contribution < -0.4 is 39.1 Å². The smallest absolute Gasteiger partial charge is 0.203 e. The third-order valence-electron chi connectivity index (χ3n) is 4.59. The van der Waals surface area contributed by atoms with Crippen molar-refractivity contribution in [2.45, 2.75) is 13.1 Å². The fourth-order valence-electron chi connectivity index (χ4n) is 3.07. The van der Waals surface area contributed by atoms with E-state index in [-0.39, 0.29) is 24.0 Å². The molecule has 10 heteroatoms. The van der Waals surface area contributed by atoms with Crippen molar-refractivity contribution in [3.63, 3.8) is 0 Å². The first-order chi connectivity index (χ1) is 15.0. The number of aliphatic imine (C=N–C) groups is 1. The molecule has 2 aromatic carbocycles. The van der Waals surface area contributed by atoms with Crippen molar-refractivity contribution in [1.82, 2.24) is 10.6 Å². The molecule has 2 N–H and O–H groups in total. The summed E-state index contributed by atoms with van der Waals surface area (Å²) in [7, 11) is 11.2. The van der Waals surface area contributed by atoms with Crippen LogP contribution in [0.25, 0.3) is 0 Å². The lowest BCUT2D eigenvalue weighted by Gasteiger charge is -2.17. The molecule has 0 aliphatic carbocycles. The number of halogens is 1. The van der Waals surface area contributed by atoms with Gasteiger partial charge in [0.1, 0.15) is 0 Å². The van der Waals surface area contributed by atoms with Crippen LogP contribution in [0.15, 0.2) is 29.3 Å². The Balaban J connectivity index is 0.00000512. The highest BCUT2D eigenvalue weighted by Gasteiger charge is 2.15. The minimum atomic E-state index is 0. The van der Waals surface area contributed by atoms with Gasteiger partial charge in [-0.1, -0.05) is 0 Å². The summed E-state index contributed by atoms with van der Waals surface area (Å²) in [6.45, 7) is 1.01. The average molecular weight is 561 g/mol. The average Bonchev–Trinajstić information content (AvgIpc) is 2.82. The molecule has 0 saturated heterocycles. The van der Waals surface area contributed by atoms with Crippen LogP contribution in [0.3, 0.4) is 0 Å². The van der Waals surface area contributed by atoms with E-state index in [2.05, 4.69) is 15.6 Å². The van der Waals surface area contributed by atoms with Crippen molar-refractivity contribution in [3.05, 3.63) is 35.4 Å². The molecule has 0 aromatic heterocycles. The Morgan fingerprint density at radius 2 is 0.938 bits per heavy atom. The van der Waals surface area contributed by atoms with E-state index >= 15 is 0 Å². The van der Waals surface area contributed by atoms with Crippen LogP contribution in [0.2, 0.25) is 0 Å². The van der Waals surface area contributed by atoms with E-state index in [0.29, 0.717) is 53.5 Å². The van der Waals surface area contributed by atoms with E-state index in [4.69, 9.17) is 28.4 Å². The van der Waals surface area contributed by atoms with Crippen molar-refractivity contribution >= 4 is 29.9 Å². The van der Waals surface area contributed by atoms with Gasteiger partial charge in [0.05, 0.1) is 42.7 Å². The van der Waals surface area contributed by atoms with E-state index in [1.54, 1.807) is 49.7 Å². The first kappa shape index (κ1) is 27.3. The molecule has 2 rings (SSSR count). The van der Waals surface area contributed by atoms with Crippen LogP contribution in [0, 0.1) is 0 Å². The third-order valence-corrected chi connectivity index (χ3v) is 4.59. The van der Waals surface area contributed by atoms with Crippen molar-refractivity contribution < 1.29 is 28.4 Å². The van der Waals surface area contributed by atoms with E-state index in [1.807, 2.05) is 24.3 Å². The summed E-state index contributed by atoms with van der Waals surface area (Å²) in [6, 6.07) is 7.56. The molecule has 2 aromatic rings. The number of hydrogen-bond donors (Lipinski definition) is 2. The number of nitrogens with zero attached hydrogens (tertiary/aromatic N) is 1. The second kappa shape index (κ2) is 13.6. The zero-order chi connectivity index (χ0) is 22.8. The topological polar surface area (TPSA) is 91.8 Å². The zero-order valence-electron chi connectivity index (χ0n) is 19.5. The molecule has 0 spiro atoms. The summed E-state index contributed by atoms with van der Waals surface area (Å²) >= 11 is 0. The molecule has 0 unspecified atom stereocenters. The molecule has 0 fully saturated rings. The second-order valence-electron chi connectivity index (χ2n) is 6.35. The minimum absolute atomic E-state index is 0. The second-order valence-corrected chi connectivity index (χ2v) is 6.35. The monoisotopic (exact) mass is 561 g/mol. The highest BCUT2D eigenvalue weighted by molar-refractivity contribution is 14.0. The van der Waals surface area contributed by atoms with E-state index in [0.717, 1.165) is 11.1 Å². The fourth-order valence-corrected chi connectivity index (χ4v) is 3.07. The Hall–Kier alpha value is -2.76. The third kappa shape index (κ3) is 6.62.